The minimum Gasteiger partial charge on any atom is -0.462 e. The first-order valence-electron chi connectivity index (χ1n) is 28.9. The minimum absolute atomic E-state index is 0.0619. The van der Waals surface area contributed by atoms with Gasteiger partial charge in [-0.1, -0.05) is 291 Å². The number of unbranched alkanes of at least 4 members (excludes halogenated alkanes) is 40. The fourth-order valence-corrected chi connectivity index (χ4v) is 8.92. The van der Waals surface area contributed by atoms with Gasteiger partial charge in [0.15, 0.2) is 6.10 Å². The summed E-state index contributed by atoms with van der Waals surface area (Å²) < 4.78 is 16.9. The second kappa shape index (κ2) is 52.4. The molecule has 0 radical (unpaired) electrons. The Labute approximate surface area is 399 Å². The summed E-state index contributed by atoms with van der Waals surface area (Å²) in [6.07, 6.45) is 56.6. The average molecular weight is 906 g/mol. The van der Waals surface area contributed by atoms with Crippen molar-refractivity contribution in [3.8, 4) is 0 Å². The third-order valence-corrected chi connectivity index (χ3v) is 13.3. The van der Waals surface area contributed by atoms with Gasteiger partial charge in [-0.25, -0.2) is 0 Å². The SMILES string of the molecule is CCCCCCCCCCCCCCCCCCCCC(=O)OC[C@H](COC(=O)CCCCCCCCCCCCCC)OC(=O)CCCCCCCCCCCCCCCC(C)C. The third kappa shape index (κ3) is 51.4. The molecule has 0 aromatic carbocycles. The zero-order valence-electron chi connectivity index (χ0n) is 43.8. The molecule has 64 heavy (non-hydrogen) atoms. The van der Waals surface area contributed by atoms with Crippen molar-refractivity contribution in [2.24, 2.45) is 5.92 Å². The van der Waals surface area contributed by atoms with Gasteiger partial charge in [0.25, 0.3) is 0 Å². The Morgan fingerprint density at radius 3 is 0.766 bits per heavy atom. The molecule has 6 heteroatoms. The van der Waals surface area contributed by atoms with Crippen LogP contribution < -0.4 is 0 Å². The van der Waals surface area contributed by atoms with Gasteiger partial charge < -0.3 is 14.2 Å². The Kier molecular flexibility index (Phi) is 51.1. The molecule has 0 amide bonds. The van der Waals surface area contributed by atoms with E-state index in [4.69, 9.17) is 14.2 Å². The fraction of sp³-hybridized carbons (Fsp3) is 0.948. The van der Waals surface area contributed by atoms with Gasteiger partial charge in [-0.2, -0.15) is 0 Å². The third-order valence-electron chi connectivity index (χ3n) is 13.3. The number of carbonyl (C=O) groups is 3. The Morgan fingerprint density at radius 1 is 0.297 bits per heavy atom. The highest BCUT2D eigenvalue weighted by Crippen LogP contribution is 2.18. The molecule has 0 aliphatic rings. The van der Waals surface area contributed by atoms with Crippen LogP contribution in [-0.2, 0) is 28.6 Å². The van der Waals surface area contributed by atoms with Gasteiger partial charge in [-0.3, -0.25) is 14.4 Å². The maximum atomic E-state index is 12.8. The molecule has 0 aromatic rings. The summed E-state index contributed by atoms with van der Waals surface area (Å²) in [6, 6.07) is 0. The van der Waals surface area contributed by atoms with Crippen molar-refractivity contribution in [1.82, 2.24) is 0 Å². The van der Waals surface area contributed by atoms with Crippen molar-refractivity contribution in [2.75, 3.05) is 13.2 Å². The lowest BCUT2D eigenvalue weighted by molar-refractivity contribution is -0.167. The number of ether oxygens (including phenoxy) is 3. The molecule has 0 aliphatic carbocycles. The van der Waals surface area contributed by atoms with Crippen LogP contribution in [0.15, 0.2) is 0 Å². The van der Waals surface area contributed by atoms with E-state index in [-0.39, 0.29) is 31.1 Å². The summed E-state index contributed by atoms with van der Waals surface area (Å²) in [6.45, 7) is 9.06. The predicted octanol–water partition coefficient (Wildman–Crippen LogP) is 19.0. The molecule has 0 unspecified atom stereocenters. The molecule has 0 heterocycles. The number of hydrogen-bond donors (Lipinski definition) is 0. The van der Waals surface area contributed by atoms with Crippen LogP contribution in [0.4, 0.5) is 0 Å². The molecule has 0 N–H and O–H groups in total. The van der Waals surface area contributed by atoms with Gasteiger partial charge in [0.05, 0.1) is 0 Å². The van der Waals surface area contributed by atoms with E-state index in [0.717, 1.165) is 63.7 Å². The van der Waals surface area contributed by atoms with Gasteiger partial charge in [0.2, 0.25) is 0 Å². The molecule has 0 saturated heterocycles. The van der Waals surface area contributed by atoms with Crippen LogP contribution in [0.2, 0.25) is 0 Å². The molecule has 0 aromatic heterocycles. The van der Waals surface area contributed by atoms with E-state index in [1.165, 1.54) is 225 Å². The molecule has 380 valence electrons. The largest absolute Gasteiger partial charge is 0.462 e. The lowest BCUT2D eigenvalue weighted by Crippen LogP contribution is -2.30. The Bertz CT molecular complexity index is 964. The number of carbonyl (C=O) groups excluding carboxylic acids is 3. The van der Waals surface area contributed by atoms with Crippen LogP contribution >= 0.6 is 0 Å². The molecule has 0 spiro atoms. The molecule has 0 saturated carbocycles. The zero-order chi connectivity index (χ0) is 46.7. The monoisotopic (exact) mass is 905 g/mol. The van der Waals surface area contributed by atoms with Gasteiger partial charge >= 0.3 is 17.9 Å². The minimum atomic E-state index is -0.761. The van der Waals surface area contributed by atoms with E-state index < -0.39 is 6.10 Å². The molecule has 0 rings (SSSR count). The van der Waals surface area contributed by atoms with E-state index in [0.29, 0.717) is 19.3 Å². The number of esters is 3. The molecule has 1 atom stereocenters. The van der Waals surface area contributed by atoms with Crippen molar-refractivity contribution in [2.45, 2.75) is 336 Å². The van der Waals surface area contributed by atoms with Crippen LogP contribution in [0, 0.1) is 5.92 Å². The van der Waals surface area contributed by atoms with E-state index in [1.54, 1.807) is 0 Å². The van der Waals surface area contributed by atoms with Crippen LogP contribution in [-0.4, -0.2) is 37.2 Å². The Balaban J connectivity index is 4.27. The zero-order valence-corrected chi connectivity index (χ0v) is 43.8. The fourth-order valence-electron chi connectivity index (χ4n) is 8.92. The highest BCUT2D eigenvalue weighted by Gasteiger charge is 2.19. The van der Waals surface area contributed by atoms with E-state index in [1.807, 2.05) is 0 Å². The smallest absolute Gasteiger partial charge is 0.306 e. The summed E-state index contributed by atoms with van der Waals surface area (Å²) in [4.78, 5) is 38.1. The number of rotatable bonds is 53. The van der Waals surface area contributed by atoms with E-state index in [2.05, 4.69) is 27.7 Å². The van der Waals surface area contributed by atoms with Crippen molar-refractivity contribution >= 4 is 17.9 Å². The summed E-state index contributed by atoms with van der Waals surface area (Å²) in [5.74, 6) is 0.00218. The van der Waals surface area contributed by atoms with E-state index in [9.17, 15) is 14.4 Å². The maximum Gasteiger partial charge on any atom is 0.306 e. The summed E-state index contributed by atoms with van der Waals surface area (Å²) in [5.41, 5.74) is 0. The van der Waals surface area contributed by atoms with Crippen LogP contribution in [0.3, 0.4) is 0 Å². The van der Waals surface area contributed by atoms with Gasteiger partial charge in [0.1, 0.15) is 13.2 Å². The molecular weight excluding hydrogens is 793 g/mol. The van der Waals surface area contributed by atoms with Gasteiger partial charge in [0, 0.05) is 19.3 Å². The Hall–Kier alpha value is -1.59. The summed E-state index contributed by atoms with van der Waals surface area (Å²) in [5, 5.41) is 0. The van der Waals surface area contributed by atoms with Gasteiger partial charge in [-0.15, -0.1) is 0 Å². The average Bonchev–Trinajstić information content (AvgIpc) is 3.28. The van der Waals surface area contributed by atoms with Crippen molar-refractivity contribution < 1.29 is 28.6 Å². The molecular formula is C58H112O6. The van der Waals surface area contributed by atoms with Crippen molar-refractivity contribution in [1.29, 1.82) is 0 Å². The highest BCUT2D eigenvalue weighted by atomic mass is 16.6. The summed E-state index contributed by atoms with van der Waals surface area (Å²) in [7, 11) is 0. The lowest BCUT2D eigenvalue weighted by atomic mass is 10.0. The number of hydrogen-bond acceptors (Lipinski definition) is 6. The molecule has 0 bridgehead atoms. The van der Waals surface area contributed by atoms with Crippen LogP contribution in [0.1, 0.15) is 329 Å². The van der Waals surface area contributed by atoms with Crippen LogP contribution in [0.25, 0.3) is 0 Å². The van der Waals surface area contributed by atoms with Gasteiger partial charge in [-0.05, 0) is 25.2 Å². The maximum absolute atomic E-state index is 12.8. The van der Waals surface area contributed by atoms with Crippen molar-refractivity contribution in [3.05, 3.63) is 0 Å². The topological polar surface area (TPSA) is 78.9 Å². The van der Waals surface area contributed by atoms with Crippen molar-refractivity contribution in [3.63, 3.8) is 0 Å². The standard InChI is InChI=1S/C58H112O6/c1-5-7-9-11-13-15-17-19-20-21-22-23-26-30-34-38-42-46-50-57(60)63-53-55(52-62-56(59)49-45-41-37-33-29-18-16-14-12-10-8-6-2)64-58(61)51-47-43-39-35-31-27-24-25-28-32-36-40-44-48-54(3)4/h54-55H,5-53H2,1-4H3/t55-/m0/s1. The lowest BCUT2D eigenvalue weighted by Gasteiger charge is -2.18. The molecule has 0 aliphatic heterocycles. The normalized spacial score (nSPS) is 12.0. The van der Waals surface area contributed by atoms with Crippen LogP contribution in [0.5, 0.6) is 0 Å². The first-order valence-corrected chi connectivity index (χ1v) is 28.9. The summed E-state index contributed by atoms with van der Waals surface area (Å²) >= 11 is 0. The van der Waals surface area contributed by atoms with E-state index >= 15 is 0 Å². The first-order chi connectivity index (χ1) is 31.4. The Morgan fingerprint density at radius 2 is 0.516 bits per heavy atom. The highest BCUT2D eigenvalue weighted by molar-refractivity contribution is 5.71. The quantitative estimate of drug-likeness (QED) is 0.0344. The molecule has 6 nitrogen and oxygen atoms in total. The molecule has 0 fully saturated rings. The first kappa shape index (κ1) is 62.4. The second-order valence-corrected chi connectivity index (χ2v) is 20.4. The second-order valence-electron chi connectivity index (χ2n) is 20.4. The predicted molar refractivity (Wildman–Crippen MR) is 275 cm³/mol.